The molecular weight excluding hydrogens is 358 g/mol. The molecule has 0 aliphatic carbocycles. The van der Waals surface area contributed by atoms with Crippen LogP contribution in [-0.2, 0) is 19.5 Å². The van der Waals surface area contributed by atoms with Gasteiger partial charge in [-0.1, -0.05) is 48.0 Å². The summed E-state index contributed by atoms with van der Waals surface area (Å²) in [6, 6.07) is 16.8. The van der Waals surface area contributed by atoms with Gasteiger partial charge in [0.25, 0.3) is 0 Å². The summed E-state index contributed by atoms with van der Waals surface area (Å²) in [6.45, 7) is 4.49. The van der Waals surface area contributed by atoms with Crippen molar-refractivity contribution in [1.82, 2.24) is 15.1 Å². The molecule has 0 radical (unpaired) electrons. The molecule has 0 atom stereocenters. The van der Waals surface area contributed by atoms with Crippen molar-refractivity contribution >= 4 is 17.6 Å². The van der Waals surface area contributed by atoms with E-state index in [-0.39, 0.29) is 12.1 Å². The van der Waals surface area contributed by atoms with Crippen molar-refractivity contribution in [3.8, 4) is 0 Å². The molecule has 2 aliphatic heterocycles. The third-order valence-corrected chi connectivity index (χ3v) is 5.90. The van der Waals surface area contributed by atoms with Gasteiger partial charge in [-0.05, 0) is 48.1 Å². The number of amides is 2. The zero-order chi connectivity index (χ0) is 18.6. The van der Waals surface area contributed by atoms with Crippen molar-refractivity contribution in [3.63, 3.8) is 0 Å². The number of carbonyl (C=O) groups excluding carboxylic acids is 1. The minimum Gasteiger partial charge on any atom is -0.335 e. The molecule has 0 aromatic heterocycles. The lowest BCUT2D eigenvalue weighted by atomic mass is 10.00. The van der Waals surface area contributed by atoms with Gasteiger partial charge >= 0.3 is 6.03 Å². The first-order chi connectivity index (χ1) is 13.2. The number of carbonyl (C=O) groups is 1. The maximum Gasteiger partial charge on any atom is 0.317 e. The van der Waals surface area contributed by atoms with E-state index in [4.69, 9.17) is 11.6 Å². The summed E-state index contributed by atoms with van der Waals surface area (Å²) in [4.78, 5) is 17.1. The Bertz CT molecular complexity index is 784. The van der Waals surface area contributed by atoms with Gasteiger partial charge in [0.2, 0.25) is 0 Å². The molecule has 1 saturated heterocycles. The summed E-state index contributed by atoms with van der Waals surface area (Å²) in [5.74, 6) is 0. The SMILES string of the molecule is O=C(NC1CCN(Cc2ccc(Cl)cc2)CC1)N1CCc2ccccc2C1. The first kappa shape index (κ1) is 18.3. The number of nitrogens with zero attached hydrogens (tertiary/aromatic N) is 2. The lowest BCUT2D eigenvalue weighted by molar-refractivity contribution is 0.165. The Morgan fingerprint density at radius 1 is 1.00 bits per heavy atom. The van der Waals surface area contributed by atoms with Gasteiger partial charge in [-0.2, -0.15) is 0 Å². The topological polar surface area (TPSA) is 35.6 Å². The molecule has 1 N–H and O–H groups in total. The first-order valence-electron chi connectivity index (χ1n) is 9.76. The Hall–Kier alpha value is -2.04. The van der Waals surface area contributed by atoms with Crippen LogP contribution in [0.3, 0.4) is 0 Å². The number of nitrogens with one attached hydrogen (secondary N) is 1. The number of hydrogen-bond donors (Lipinski definition) is 1. The number of halogens is 1. The molecule has 4 nitrogen and oxygen atoms in total. The molecule has 2 aromatic carbocycles. The molecule has 2 aromatic rings. The second kappa shape index (κ2) is 8.32. The van der Waals surface area contributed by atoms with E-state index in [1.807, 2.05) is 17.0 Å². The van der Waals surface area contributed by atoms with Gasteiger partial charge in [0.1, 0.15) is 0 Å². The second-order valence-electron chi connectivity index (χ2n) is 7.57. The van der Waals surface area contributed by atoms with Crippen molar-refractivity contribution in [2.24, 2.45) is 0 Å². The molecule has 5 heteroatoms. The molecule has 2 aliphatic rings. The van der Waals surface area contributed by atoms with Crippen molar-refractivity contribution in [2.45, 2.75) is 38.4 Å². The second-order valence-corrected chi connectivity index (χ2v) is 8.00. The zero-order valence-electron chi connectivity index (χ0n) is 15.5. The lowest BCUT2D eigenvalue weighted by Gasteiger charge is -2.35. The summed E-state index contributed by atoms with van der Waals surface area (Å²) >= 11 is 5.96. The Labute approximate surface area is 166 Å². The molecule has 1 fully saturated rings. The Kier molecular flexibility index (Phi) is 5.65. The first-order valence-corrected chi connectivity index (χ1v) is 10.1. The van der Waals surface area contributed by atoms with E-state index in [1.54, 1.807) is 0 Å². The van der Waals surface area contributed by atoms with Crippen LogP contribution in [0.25, 0.3) is 0 Å². The summed E-state index contributed by atoms with van der Waals surface area (Å²) < 4.78 is 0. The zero-order valence-corrected chi connectivity index (χ0v) is 16.3. The molecule has 2 heterocycles. The highest BCUT2D eigenvalue weighted by molar-refractivity contribution is 6.30. The number of rotatable bonds is 3. The number of fused-ring (bicyclic) bond motifs is 1. The van der Waals surface area contributed by atoms with E-state index in [1.165, 1.54) is 16.7 Å². The van der Waals surface area contributed by atoms with Crippen LogP contribution >= 0.6 is 11.6 Å². The van der Waals surface area contributed by atoms with E-state index in [0.717, 1.165) is 57.0 Å². The minimum atomic E-state index is 0.0839. The molecule has 0 saturated carbocycles. The standard InChI is InChI=1S/C22H26ClN3O/c23-20-7-5-17(6-8-20)15-25-12-10-21(11-13-25)24-22(27)26-14-9-18-3-1-2-4-19(18)16-26/h1-8,21H,9-16H2,(H,24,27). The average molecular weight is 384 g/mol. The third kappa shape index (κ3) is 4.63. The van der Waals surface area contributed by atoms with Crippen LogP contribution in [0.4, 0.5) is 4.79 Å². The maximum atomic E-state index is 12.7. The largest absolute Gasteiger partial charge is 0.335 e. The highest BCUT2D eigenvalue weighted by Crippen LogP contribution is 2.20. The van der Waals surface area contributed by atoms with Crippen molar-refractivity contribution < 1.29 is 4.79 Å². The van der Waals surface area contributed by atoms with Gasteiger partial charge in [0.05, 0.1) is 0 Å². The Balaban J connectivity index is 1.24. The fraction of sp³-hybridized carbons (Fsp3) is 0.409. The summed E-state index contributed by atoms with van der Waals surface area (Å²) in [5.41, 5.74) is 3.93. The van der Waals surface area contributed by atoms with Crippen molar-refractivity contribution in [2.75, 3.05) is 19.6 Å². The summed E-state index contributed by atoms with van der Waals surface area (Å²) in [6.07, 6.45) is 2.96. The normalized spacial score (nSPS) is 18.2. The lowest BCUT2D eigenvalue weighted by Crippen LogP contribution is -2.50. The highest BCUT2D eigenvalue weighted by Gasteiger charge is 2.25. The summed E-state index contributed by atoms with van der Waals surface area (Å²) in [5, 5.41) is 4.03. The van der Waals surface area contributed by atoms with E-state index >= 15 is 0 Å². The fourth-order valence-electron chi connectivity index (χ4n) is 4.02. The highest BCUT2D eigenvalue weighted by atomic mass is 35.5. The molecule has 142 valence electrons. The van der Waals surface area contributed by atoms with E-state index in [9.17, 15) is 4.79 Å². The number of hydrogen-bond acceptors (Lipinski definition) is 2. The summed E-state index contributed by atoms with van der Waals surface area (Å²) in [7, 11) is 0. The van der Waals surface area contributed by atoms with Gasteiger partial charge in [0.15, 0.2) is 0 Å². The van der Waals surface area contributed by atoms with Crippen LogP contribution in [0.1, 0.15) is 29.5 Å². The Morgan fingerprint density at radius 2 is 1.70 bits per heavy atom. The van der Waals surface area contributed by atoms with Crippen molar-refractivity contribution in [1.29, 1.82) is 0 Å². The molecule has 4 rings (SSSR count). The van der Waals surface area contributed by atoms with Gasteiger partial charge in [-0.15, -0.1) is 0 Å². The molecule has 0 unspecified atom stereocenters. The number of benzene rings is 2. The predicted molar refractivity (Wildman–Crippen MR) is 109 cm³/mol. The van der Waals surface area contributed by atoms with Crippen LogP contribution in [0, 0.1) is 0 Å². The molecule has 27 heavy (non-hydrogen) atoms. The van der Waals surface area contributed by atoms with Crippen LogP contribution in [0.2, 0.25) is 5.02 Å². The van der Waals surface area contributed by atoms with Gasteiger partial charge in [-0.3, -0.25) is 4.90 Å². The monoisotopic (exact) mass is 383 g/mol. The van der Waals surface area contributed by atoms with Crippen LogP contribution in [0.5, 0.6) is 0 Å². The number of likely N-dealkylation sites (tertiary alicyclic amines) is 1. The molecule has 0 spiro atoms. The molecule has 2 amide bonds. The average Bonchev–Trinajstić information content (AvgIpc) is 2.71. The minimum absolute atomic E-state index is 0.0839. The molecule has 0 bridgehead atoms. The number of piperidine rings is 1. The van der Waals surface area contributed by atoms with Crippen LogP contribution < -0.4 is 5.32 Å². The van der Waals surface area contributed by atoms with Crippen LogP contribution in [-0.4, -0.2) is 41.5 Å². The van der Waals surface area contributed by atoms with E-state index < -0.39 is 0 Å². The Morgan fingerprint density at radius 3 is 2.44 bits per heavy atom. The van der Waals surface area contributed by atoms with E-state index in [2.05, 4.69) is 46.6 Å². The van der Waals surface area contributed by atoms with Gasteiger partial charge < -0.3 is 10.2 Å². The third-order valence-electron chi connectivity index (χ3n) is 5.65. The van der Waals surface area contributed by atoms with E-state index in [0.29, 0.717) is 0 Å². The van der Waals surface area contributed by atoms with Crippen molar-refractivity contribution in [3.05, 3.63) is 70.2 Å². The maximum absolute atomic E-state index is 12.7. The fourth-order valence-corrected chi connectivity index (χ4v) is 4.14. The smallest absolute Gasteiger partial charge is 0.317 e. The quantitative estimate of drug-likeness (QED) is 0.867. The predicted octanol–water partition coefficient (Wildman–Crippen LogP) is 4.07. The number of urea groups is 1. The van der Waals surface area contributed by atoms with Gasteiger partial charge in [0, 0.05) is 43.8 Å². The van der Waals surface area contributed by atoms with Gasteiger partial charge in [-0.25, -0.2) is 4.79 Å². The van der Waals surface area contributed by atoms with Crippen LogP contribution in [0.15, 0.2) is 48.5 Å². The molecular formula is C22H26ClN3O.